The van der Waals surface area contributed by atoms with Gasteiger partial charge in [0, 0.05) is 24.2 Å². The molecule has 0 aromatic heterocycles. The van der Waals surface area contributed by atoms with Gasteiger partial charge in [0.25, 0.3) is 5.91 Å². The number of nitrogens with zero attached hydrogens (tertiary/aromatic N) is 1. The highest BCUT2D eigenvalue weighted by atomic mass is 35.5. The molecule has 1 atom stereocenters. The van der Waals surface area contributed by atoms with Crippen molar-refractivity contribution >= 4 is 17.5 Å². The van der Waals surface area contributed by atoms with E-state index in [-0.39, 0.29) is 12.5 Å². The molecule has 1 amide bonds. The van der Waals surface area contributed by atoms with E-state index in [1.807, 2.05) is 11.9 Å². The number of hydrogen-bond donors (Lipinski definition) is 1. The van der Waals surface area contributed by atoms with Crippen LogP contribution in [0.1, 0.15) is 6.42 Å². The molecule has 1 aromatic carbocycles. The topological polar surface area (TPSA) is 41.6 Å². The standard InChI is InChI=1S/C13H17ClN2O2/c1-15-11-6-7-16(8-11)13(17)9-18-12-4-2-10(14)3-5-12/h2-5,11,15H,6-9H2,1H3. The molecule has 1 aliphatic rings. The highest BCUT2D eigenvalue weighted by molar-refractivity contribution is 6.30. The molecule has 0 bridgehead atoms. The summed E-state index contributed by atoms with van der Waals surface area (Å²) in [5, 5.41) is 3.84. The van der Waals surface area contributed by atoms with Crippen molar-refractivity contribution in [1.82, 2.24) is 10.2 Å². The van der Waals surface area contributed by atoms with Crippen LogP contribution in [-0.4, -0.2) is 43.6 Å². The Bertz CT molecular complexity index is 408. The molecule has 1 N–H and O–H groups in total. The minimum Gasteiger partial charge on any atom is -0.484 e. The largest absolute Gasteiger partial charge is 0.484 e. The van der Waals surface area contributed by atoms with Gasteiger partial charge >= 0.3 is 0 Å². The molecular formula is C13H17ClN2O2. The van der Waals surface area contributed by atoms with Crippen molar-refractivity contribution in [3.05, 3.63) is 29.3 Å². The van der Waals surface area contributed by atoms with E-state index in [0.29, 0.717) is 16.8 Å². The van der Waals surface area contributed by atoms with E-state index in [2.05, 4.69) is 5.32 Å². The quantitative estimate of drug-likeness (QED) is 0.901. The predicted molar refractivity (Wildman–Crippen MR) is 71.0 cm³/mol. The van der Waals surface area contributed by atoms with Gasteiger partial charge in [0.15, 0.2) is 6.61 Å². The van der Waals surface area contributed by atoms with E-state index in [1.165, 1.54) is 0 Å². The van der Waals surface area contributed by atoms with Crippen LogP contribution in [0.3, 0.4) is 0 Å². The molecule has 0 aliphatic carbocycles. The molecule has 4 nitrogen and oxygen atoms in total. The summed E-state index contributed by atoms with van der Waals surface area (Å²) in [6, 6.07) is 7.42. The molecule has 5 heteroatoms. The molecule has 1 saturated heterocycles. The Kier molecular flexibility index (Phi) is 4.44. The zero-order chi connectivity index (χ0) is 13.0. The predicted octanol–water partition coefficient (Wildman–Crippen LogP) is 1.54. The number of nitrogens with one attached hydrogen (secondary N) is 1. The fourth-order valence-electron chi connectivity index (χ4n) is 1.99. The highest BCUT2D eigenvalue weighted by Crippen LogP contribution is 2.16. The minimum absolute atomic E-state index is 0.0303. The Balaban J connectivity index is 1.80. The van der Waals surface area contributed by atoms with Gasteiger partial charge in [-0.05, 0) is 37.7 Å². The third-order valence-corrected chi connectivity index (χ3v) is 3.38. The van der Waals surface area contributed by atoms with Crippen LogP contribution in [0.4, 0.5) is 0 Å². The van der Waals surface area contributed by atoms with Gasteiger partial charge in [-0.2, -0.15) is 0 Å². The maximum atomic E-state index is 11.9. The number of carbonyl (C=O) groups excluding carboxylic acids is 1. The van der Waals surface area contributed by atoms with E-state index >= 15 is 0 Å². The summed E-state index contributed by atoms with van der Waals surface area (Å²) in [5.74, 6) is 0.694. The van der Waals surface area contributed by atoms with E-state index in [4.69, 9.17) is 16.3 Å². The van der Waals surface area contributed by atoms with Crippen molar-refractivity contribution in [3.8, 4) is 5.75 Å². The Morgan fingerprint density at radius 2 is 2.22 bits per heavy atom. The van der Waals surface area contributed by atoms with Crippen LogP contribution in [0.5, 0.6) is 5.75 Å². The normalized spacial score (nSPS) is 19.0. The molecule has 0 saturated carbocycles. The number of amides is 1. The second kappa shape index (κ2) is 6.07. The number of ether oxygens (including phenoxy) is 1. The molecule has 0 spiro atoms. The lowest BCUT2D eigenvalue weighted by Crippen LogP contribution is -2.36. The summed E-state index contributed by atoms with van der Waals surface area (Å²) in [5.41, 5.74) is 0. The maximum Gasteiger partial charge on any atom is 0.260 e. The van der Waals surface area contributed by atoms with Crippen LogP contribution >= 0.6 is 11.6 Å². The Morgan fingerprint density at radius 3 is 2.83 bits per heavy atom. The third kappa shape index (κ3) is 3.37. The van der Waals surface area contributed by atoms with E-state index in [1.54, 1.807) is 24.3 Å². The molecule has 0 radical (unpaired) electrons. The fraction of sp³-hybridized carbons (Fsp3) is 0.462. The lowest BCUT2D eigenvalue weighted by molar-refractivity contribution is -0.132. The Morgan fingerprint density at radius 1 is 1.50 bits per heavy atom. The van der Waals surface area contributed by atoms with E-state index in [9.17, 15) is 4.79 Å². The Labute approximate surface area is 112 Å². The molecular weight excluding hydrogens is 252 g/mol. The molecule has 1 aliphatic heterocycles. The van der Waals surface area contributed by atoms with Gasteiger partial charge < -0.3 is 15.0 Å². The maximum absolute atomic E-state index is 11.9. The van der Waals surface area contributed by atoms with Crippen molar-refractivity contribution in [3.63, 3.8) is 0 Å². The van der Waals surface area contributed by atoms with Gasteiger partial charge in [0.1, 0.15) is 5.75 Å². The fourth-order valence-corrected chi connectivity index (χ4v) is 2.12. The summed E-state index contributed by atoms with van der Waals surface area (Å²) >= 11 is 5.77. The molecule has 98 valence electrons. The zero-order valence-corrected chi connectivity index (χ0v) is 11.1. The first-order chi connectivity index (χ1) is 8.69. The second-order valence-electron chi connectivity index (χ2n) is 4.36. The summed E-state index contributed by atoms with van der Waals surface area (Å²) in [6.45, 7) is 1.64. The number of benzene rings is 1. The van der Waals surface area contributed by atoms with Crippen LogP contribution in [-0.2, 0) is 4.79 Å². The Hall–Kier alpha value is -1.26. The van der Waals surface area contributed by atoms with Crippen molar-refractivity contribution in [2.24, 2.45) is 0 Å². The average molecular weight is 269 g/mol. The number of hydrogen-bond acceptors (Lipinski definition) is 3. The molecule has 1 heterocycles. The summed E-state index contributed by atoms with van der Waals surface area (Å²) in [4.78, 5) is 13.7. The first-order valence-electron chi connectivity index (χ1n) is 6.02. The van der Waals surface area contributed by atoms with Gasteiger partial charge in [0.2, 0.25) is 0 Å². The third-order valence-electron chi connectivity index (χ3n) is 3.13. The summed E-state index contributed by atoms with van der Waals surface area (Å²) in [6.07, 6.45) is 1.00. The van der Waals surface area contributed by atoms with Crippen LogP contribution in [0, 0.1) is 0 Å². The molecule has 18 heavy (non-hydrogen) atoms. The first kappa shape index (κ1) is 13.2. The molecule has 1 unspecified atom stereocenters. The summed E-state index contributed by atoms with van der Waals surface area (Å²) in [7, 11) is 1.92. The number of halogens is 1. The highest BCUT2D eigenvalue weighted by Gasteiger charge is 2.24. The van der Waals surface area contributed by atoms with Gasteiger partial charge in [-0.25, -0.2) is 0 Å². The first-order valence-corrected chi connectivity index (χ1v) is 6.40. The molecule has 1 fully saturated rings. The number of rotatable bonds is 4. The van der Waals surface area contributed by atoms with Crippen LogP contribution < -0.4 is 10.1 Å². The average Bonchev–Trinajstić information content (AvgIpc) is 2.86. The second-order valence-corrected chi connectivity index (χ2v) is 4.79. The van der Waals surface area contributed by atoms with Gasteiger partial charge in [0.05, 0.1) is 0 Å². The van der Waals surface area contributed by atoms with Crippen LogP contribution in [0.25, 0.3) is 0 Å². The molecule has 1 aromatic rings. The number of likely N-dealkylation sites (N-methyl/N-ethyl adjacent to an activating group) is 1. The van der Waals surface area contributed by atoms with E-state index in [0.717, 1.165) is 19.5 Å². The van der Waals surface area contributed by atoms with Gasteiger partial charge in [-0.3, -0.25) is 4.79 Å². The van der Waals surface area contributed by atoms with Crippen LogP contribution in [0.15, 0.2) is 24.3 Å². The summed E-state index contributed by atoms with van der Waals surface area (Å²) < 4.78 is 5.43. The number of likely N-dealkylation sites (tertiary alicyclic amines) is 1. The lowest BCUT2D eigenvalue weighted by Gasteiger charge is -2.16. The monoisotopic (exact) mass is 268 g/mol. The van der Waals surface area contributed by atoms with Crippen LogP contribution in [0.2, 0.25) is 5.02 Å². The van der Waals surface area contributed by atoms with Crippen molar-refractivity contribution in [1.29, 1.82) is 0 Å². The smallest absolute Gasteiger partial charge is 0.260 e. The van der Waals surface area contributed by atoms with Crippen molar-refractivity contribution in [2.75, 3.05) is 26.7 Å². The zero-order valence-electron chi connectivity index (χ0n) is 10.4. The van der Waals surface area contributed by atoms with Crippen molar-refractivity contribution in [2.45, 2.75) is 12.5 Å². The van der Waals surface area contributed by atoms with E-state index < -0.39 is 0 Å². The lowest BCUT2D eigenvalue weighted by atomic mass is 10.3. The van der Waals surface area contributed by atoms with Gasteiger partial charge in [-0.15, -0.1) is 0 Å². The SMILES string of the molecule is CNC1CCN(C(=O)COc2ccc(Cl)cc2)C1. The number of carbonyl (C=O) groups is 1. The van der Waals surface area contributed by atoms with Crippen molar-refractivity contribution < 1.29 is 9.53 Å². The minimum atomic E-state index is 0.0303. The van der Waals surface area contributed by atoms with Gasteiger partial charge in [-0.1, -0.05) is 11.6 Å². The molecule has 2 rings (SSSR count).